The maximum Gasteiger partial charge on any atom is 0.240 e. The normalized spacial score (nSPS) is 16.4. The molecule has 40 heavy (non-hydrogen) atoms. The lowest BCUT2D eigenvalue weighted by molar-refractivity contribution is -0.131. The Hall–Kier alpha value is -3.72. The lowest BCUT2D eigenvalue weighted by atomic mass is 9.96. The molecule has 2 aromatic carbocycles. The van der Waals surface area contributed by atoms with Crippen LogP contribution >= 0.6 is 23.2 Å². The number of amides is 2. The Balaban J connectivity index is 1.33. The Kier molecular flexibility index (Phi) is 8.79. The molecule has 206 valence electrons. The van der Waals surface area contributed by atoms with Crippen molar-refractivity contribution in [2.75, 3.05) is 13.1 Å². The van der Waals surface area contributed by atoms with Gasteiger partial charge in [-0.2, -0.15) is 5.10 Å². The van der Waals surface area contributed by atoms with Crippen LogP contribution in [0.3, 0.4) is 0 Å². The molecule has 0 radical (unpaired) electrons. The number of likely N-dealkylation sites (tertiary alicyclic amines) is 1. The van der Waals surface area contributed by atoms with Crippen LogP contribution in [0, 0.1) is 5.92 Å². The maximum absolute atomic E-state index is 13.3. The summed E-state index contributed by atoms with van der Waals surface area (Å²) in [6, 6.07) is 20.1. The molecular weight excluding hydrogens is 547 g/mol. The summed E-state index contributed by atoms with van der Waals surface area (Å²) < 4.78 is 1.86. The van der Waals surface area contributed by atoms with Gasteiger partial charge in [0.25, 0.3) is 0 Å². The van der Waals surface area contributed by atoms with Gasteiger partial charge in [-0.3, -0.25) is 19.5 Å². The smallest absolute Gasteiger partial charge is 0.240 e. The first-order chi connectivity index (χ1) is 19.4. The van der Waals surface area contributed by atoms with Crippen molar-refractivity contribution in [3.8, 4) is 16.9 Å². The highest BCUT2D eigenvalue weighted by Crippen LogP contribution is 2.28. The Labute approximate surface area is 243 Å². The number of carbonyl (C=O) groups excluding carboxylic acids is 2. The summed E-state index contributed by atoms with van der Waals surface area (Å²) in [7, 11) is 0. The second-order valence-corrected chi connectivity index (χ2v) is 10.8. The average molecular weight is 578 g/mol. The predicted molar refractivity (Wildman–Crippen MR) is 156 cm³/mol. The van der Waals surface area contributed by atoms with Crippen LogP contribution in [-0.4, -0.2) is 50.6 Å². The van der Waals surface area contributed by atoms with Gasteiger partial charge in [0.2, 0.25) is 11.8 Å². The molecule has 0 spiro atoms. The van der Waals surface area contributed by atoms with Gasteiger partial charge in [-0.1, -0.05) is 53.5 Å². The number of hydrogen-bond acceptors (Lipinski definition) is 5. The molecule has 2 atom stereocenters. The third-order valence-electron chi connectivity index (χ3n) is 7.09. The van der Waals surface area contributed by atoms with Crippen LogP contribution in [0.4, 0.5) is 0 Å². The molecule has 1 saturated heterocycles. The number of rotatable bonds is 9. The van der Waals surface area contributed by atoms with Gasteiger partial charge < -0.3 is 11.1 Å². The fourth-order valence-corrected chi connectivity index (χ4v) is 5.32. The minimum Gasteiger partial charge on any atom is -0.368 e. The summed E-state index contributed by atoms with van der Waals surface area (Å²) in [4.78, 5) is 31.8. The van der Waals surface area contributed by atoms with Gasteiger partial charge in [0.05, 0.1) is 33.0 Å². The number of nitrogens with two attached hydrogens (primary N) is 1. The summed E-state index contributed by atoms with van der Waals surface area (Å²) >= 11 is 12.5. The molecule has 2 aromatic heterocycles. The highest BCUT2D eigenvalue weighted by molar-refractivity contribution is 6.42. The van der Waals surface area contributed by atoms with Gasteiger partial charge in [-0.25, -0.2) is 4.68 Å². The van der Waals surface area contributed by atoms with Crippen molar-refractivity contribution >= 4 is 35.0 Å². The molecule has 1 fully saturated rings. The van der Waals surface area contributed by atoms with Gasteiger partial charge in [0, 0.05) is 37.5 Å². The van der Waals surface area contributed by atoms with E-state index < -0.39 is 11.9 Å². The minimum atomic E-state index is -0.761. The van der Waals surface area contributed by atoms with E-state index in [1.54, 1.807) is 24.5 Å². The molecule has 2 amide bonds. The summed E-state index contributed by atoms with van der Waals surface area (Å²) in [5.41, 5.74) is 9.99. The molecule has 10 heteroatoms. The third-order valence-corrected chi connectivity index (χ3v) is 7.83. The van der Waals surface area contributed by atoms with E-state index in [0.29, 0.717) is 29.6 Å². The number of hydrogen-bond donors (Lipinski definition) is 2. The molecule has 0 aliphatic carbocycles. The van der Waals surface area contributed by atoms with Crippen LogP contribution in [0.1, 0.15) is 24.1 Å². The van der Waals surface area contributed by atoms with Crippen LogP contribution in [-0.2, 0) is 22.6 Å². The number of carbonyl (C=O) groups is 2. The standard InChI is InChI=1S/C30H30Cl2N6O2/c31-25-11-10-23(15-26(25)32)38-24(16-27(36-38)21-8-4-12-34-17-21)19-37-13-5-9-22(18-37)30(40)35-28(29(33)39)14-20-6-2-1-3-7-20/h1-4,6-8,10-12,15-17,22,28H,5,9,13-14,18-19H2,(H2,33,39)(H,35,40)/t22-,28+/m1/s1. The Bertz CT molecular complexity index is 1480. The topological polar surface area (TPSA) is 106 Å². The number of nitrogens with zero attached hydrogens (tertiary/aromatic N) is 4. The number of nitrogens with one attached hydrogen (secondary N) is 1. The van der Waals surface area contributed by atoms with E-state index in [2.05, 4.69) is 15.2 Å². The molecule has 5 rings (SSSR count). The van der Waals surface area contributed by atoms with Crippen LogP contribution in [0.15, 0.2) is 79.1 Å². The first-order valence-corrected chi connectivity index (χ1v) is 13.9. The number of pyridine rings is 1. The Morgan fingerprint density at radius 3 is 2.60 bits per heavy atom. The van der Waals surface area contributed by atoms with Crippen molar-refractivity contribution in [1.29, 1.82) is 0 Å². The van der Waals surface area contributed by atoms with E-state index in [1.165, 1.54) is 0 Å². The second-order valence-electron chi connectivity index (χ2n) is 10.0. The quantitative estimate of drug-likeness (QED) is 0.301. The highest BCUT2D eigenvalue weighted by Gasteiger charge is 2.29. The number of halogens is 2. The van der Waals surface area contributed by atoms with E-state index in [4.69, 9.17) is 34.0 Å². The maximum atomic E-state index is 13.3. The minimum absolute atomic E-state index is 0.154. The molecule has 3 N–H and O–H groups in total. The Morgan fingerprint density at radius 2 is 1.88 bits per heavy atom. The van der Waals surface area contributed by atoms with Crippen molar-refractivity contribution < 1.29 is 9.59 Å². The molecule has 3 heterocycles. The summed E-state index contributed by atoms with van der Waals surface area (Å²) in [5, 5.41) is 8.67. The molecule has 0 unspecified atom stereocenters. The lowest BCUT2D eigenvalue weighted by Crippen LogP contribution is -2.50. The molecule has 4 aromatic rings. The summed E-state index contributed by atoms with van der Waals surface area (Å²) in [5.74, 6) is -0.956. The fourth-order valence-electron chi connectivity index (χ4n) is 5.03. The highest BCUT2D eigenvalue weighted by atomic mass is 35.5. The number of benzene rings is 2. The molecule has 8 nitrogen and oxygen atoms in total. The molecular formula is C30H30Cl2N6O2. The largest absolute Gasteiger partial charge is 0.368 e. The zero-order valence-corrected chi connectivity index (χ0v) is 23.4. The van der Waals surface area contributed by atoms with Crippen LogP contribution < -0.4 is 11.1 Å². The molecule has 1 aliphatic rings. The van der Waals surface area contributed by atoms with Gasteiger partial charge in [-0.05, 0) is 61.3 Å². The first-order valence-electron chi connectivity index (χ1n) is 13.2. The monoisotopic (exact) mass is 576 g/mol. The van der Waals surface area contributed by atoms with E-state index >= 15 is 0 Å². The first kappa shape index (κ1) is 27.8. The predicted octanol–water partition coefficient (Wildman–Crippen LogP) is 4.67. The molecule has 1 aliphatic heterocycles. The van der Waals surface area contributed by atoms with Crippen LogP contribution in [0.2, 0.25) is 10.0 Å². The lowest BCUT2D eigenvalue weighted by Gasteiger charge is -2.32. The molecule has 0 bridgehead atoms. The molecule has 0 saturated carbocycles. The van der Waals surface area contributed by atoms with Crippen molar-refractivity contribution in [3.63, 3.8) is 0 Å². The van der Waals surface area contributed by atoms with Crippen molar-refractivity contribution in [3.05, 3.63) is 100 Å². The van der Waals surface area contributed by atoms with Crippen molar-refractivity contribution in [2.45, 2.75) is 31.8 Å². The van der Waals surface area contributed by atoms with E-state index in [0.717, 1.165) is 47.6 Å². The average Bonchev–Trinajstić information content (AvgIpc) is 3.39. The number of aromatic nitrogens is 3. The summed E-state index contributed by atoms with van der Waals surface area (Å²) in [6.45, 7) is 1.96. The van der Waals surface area contributed by atoms with E-state index in [9.17, 15) is 9.59 Å². The Morgan fingerprint density at radius 1 is 1.05 bits per heavy atom. The zero-order valence-electron chi connectivity index (χ0n) is 21.8. The van der Waals surface area contributed by atoms with Crippen LogP contribution in [0.25, 0.3) is 16.9 Å². The number of piperidine rings is 1. The third kappa shape index (κ3) is 6.70. The van der Waals surface area contributed by atoms with Crippen molar-refractivity contribution in [1.82, 2.24) is 25.0 Å². The van der Waals surface area contributed by atoms with Crippen molar-refractivity contribution in [2.24, 2.45) is 11.7 Å². The van der Waals surface area contributed by atoms with Crippen LogP contribution in [0.5, 0.6) is 0 Å². The second kappa shape index (κ2) is 12.6. The van der Waals surface area contributed by atoms with Gasteiger partial charge in [-0.15, -0.1) is 0 Å². The van der Waals surface area contributed by atoms with Gasteiger partial charge in [0.1, 0.15) is 6.04 Å². The fraction of sp³-hybridized carbons (Fsp3) is 0.267. The van der Waals surface area contributed by atoms with Gasteiger partial charge in [0.15, 0.2) is 0 Å². The number of primary amides is 1. The zero-order chi connectivity index (χ0) is 28.1. The van der Waals surface area contributed by atoms with E-state index in [-0.39, 0.29) is 11.8 Å². The van der Waals surface area contributed by atoms with Gasteiger partial charge >= 0.3 is 0 Å². The summed E-state index contributed by atoms with van der Waals surface area (Å²) in [6.07, 6.45) is 5.46. The van der Waals surface area contributed by atoms with E-state index in [1.807, 2.05) is 59.3 Å². The SMILES string of the molecule is NC(=O)[C@H](Cc1ccccc1)NC(=O)[C@@H]1CCCN(Cc2cc(-c3cccnc3)nn2-c2ccc(Cl)c(Cl)c2)C1.